The summed E-state index contributed by atoms with van der Waals surface area (Å²) in [7, 11) is 0. The zero-order valence-electron chi connectivity index (χ0n) is 8.84. The van der Waals surface area contributed by atoms with E-state index in [4.69, 9.17) is 4.74 Å². The largest absolute Gasteiger partial charge is 0.492 e. The highest BCUT2D eigenvalue weighted by Crippen LogP contribution is 2.26. The number of fused-ring (bicyclic) bond motifs is 2. The fourth-order valence-corrected chi connectivity index (χ4v) is 2.07. The van der Waals surface area contributed by atoms with E-state index in [1.807, 2.05) is 0 Å². The predicted octanol–water partition coefficient (Wildman–Crippen LogP) is 2.02. The Bertz CT molecular complexity index is 213. The first-order valence-electron chi connectivity index (χ1n) is 5.14. The highest BCUT2D eigenvalue weighted by molar-refractivity contribution is 5.06. The molecule has 2 bridgehead atoms. The number of hydrogen-bond acceptors (Lipinski definition) is 2. The number of nitrogens with zero attached hydrogens (tertiary/aromatic N) is 1. The molecule has 2 aliphatic rings. The maximum absolute atomic E-state index is 5.87. The van der Waals surface area contributed by atoms with Crippen LogP contribution in [0.3, 0.4) is 0 Å². The van der Waals surface area contributed by atoms with Crippen LogP contribution >= 0.6 is 0 Å². The Morgan fingerprint density at radius 3 is 2.85 bits per heavy atom. The second-order valence-electron chi connectivity index (χ2n) is 5.24. The molecule has 2 saturated heterocycles. The zero-order chi connectivity index (χ0) is 9.47. The summed E-state index contributed by atoms with van der Waals surface area (Å²) in [5.41, 5.74) is 0.243. The lowest BCUT2D eigenvalue weighted by molar-refractivity contribution is 0.0731. The van der Waals surface area contributed by atoms with Crippen LogP contribution in [0.1, 0.15) is 27.2 Å². The third kappa shape index (κ3) is 2.25. The van der Waals surface area contributed by atoms with E-state index in [0.717, 1.165) is 13.1 Å². The van der Waals surface area contributed by atoms with Crippen LogP contribution < -0.4 is 0 Å². The summed E-state index contributed by atoms with van der Waals surface area (Å²) in [6.07, 6.45) is 3.95. The van der Waals surface area contributed by atoms with Crippen molar-refractivity contribution in [2.45, 2.75) is 33.3 Å². The van der Waals surface area contributed by atoms with Crippen molar-refractivity contribution in [2.24, 2.45) is 5.41 Å². The molecule has 0 N–H and O–H groups in total. The average molecular weight is 181 g/mol. The zero-order valence-corrected chi connectivity index (χ0v) is 8.84. The number of hydrogen-bond donors (Lipinski definition) is 0. The molecule has 0 radical (unpaired) electrons. The highest BCUT2D eigenvalue weighted by atomic mass is 16.5. The molecular weight excluding hydrogens is 162 g/mol. The molecule has 0 amide bonds. The molecule has 0 spiro atoms. The SMILES string of the molecule is CC(C)(C)/C=C1\CN2CCC(C2)O1. The van der Waals surface area contributed by atoms with Gasteiger partial charge in [-0.05, 0) is 17.9 Å². The smallest absolute Gasteiger partial charge is 0.112 e. The van der Waals surface area contributed by atoms with E-state index in [1.54, 1.807) is 0 Å². The third-order valence-corrected chi connectivity index (χ3v) is 2.52. The fourth-order valence-electron chi connectivity index (χ4n) is 2.07. The van der Waals surface area contributed by atoms with E-state index in [1.165, 1.54) is 18.7 Å². The predicted molar refractivity (Wildman–Crippen MR) is 53.5 cm³/mol. The van der Waals surface area contributed by atoms with Crippen molar-refractivity contribution >= 4 is 0 Å². The van der Waals surface area contributed by atoms with E-state index < -0.39 is 0 Å². The molecule has 2 heteroatoms. The van der Waals surface area contributed by atoms with Crippen LogP contribution in [0.5, 0.6) is 0 Å². The Morgan fingerprint density at radius 1 is 1.46 bits per heavy atom. The van der Waals surface area contributed by atoms with Gasteiger partial charge in [-0.1, -0.05) is 20.8 Å². The summed E-state index contributed by atoms with van der Waals surface area (Å²) in [5.74, 6) is 1.18. The minimum absolute atomic E-state index is 0.243. The Labute approximate surface area is 80.6 Å². The standard InChI is InChI=1S/C11H19NO/c1-11(2,3)6-10-8-12-5-4-9(7-12)13-10/h6,9H,4-5,7-8H2,1-3H3/b10-6+. The lowest BCUT2D eigenvalue weighted by Crippen LogP contribution is -2.32. The van der Waals surface area contributed by atoms with E-state index in [9.17, 15) is 0 Å². The van der Waals surface area contributed by atoms with Gasteiger partial charge in [-0.25, -0.2) is 0 Å². The molecule has 2 heterocycles. The molecule has 0 aliphatic carbocycles. The van der Waals surface area contributed by atoms with E-state index in [-0.39, 0.29) is 5.41 Å². The summed E-state index contributed by atoms with van der Waals surface area (Å²) < 4.78 is 5.87. The fraction of sp³-hybridized carbons (Fsp3) is 0.818. The lowest BCUT2D eigenvalue weighted by atomic mass is 9.95. The molecule has 2 unspecified atom stereocenters. The second kappa shape index (κ2) is 3.02. The van der Waals surface area contributed by atoms with Gasteiger partial charge in [0, 0.05) is 13.1 Å². The molecule has 13 heavy (non-hydrogen) atoms. The molecule has 2 aliphatic heterocycles. The van der Waals surface area contributed by atoms with Gasteiger partial charge in [-0.15, -0.1) is 0 Å². The van der Waals surface area contributed by atoms with Crippen molar-refractivity contribution < 1.29 is 4.74 Å². The Hall–Kier alpha value is -0.500. The number of rotatable bonds is 0. The van der Waals surface area contributed by atoms with Crippen LogP contribution in [-0.2, 0) is 4.74 Å². The molecule has 74 valence electrons. The first-order chi connectivity index (χ1) is 6.03. The van der Waals surface area contributed by atoms with Gasteiger partial charge in [0.15, 0.2) is 0 Å². The van der Waals surface area contributed by atoms with Gasteiger partial charge in [0.05, 0.1) is 6.54 Å². The van der Waals surface area contributed by atoms with Gasteiger partial charge >= 0.3 is 0 Å². The van der Waals surface area contributed by atoms with Crippen LogP contribution in [0.2, 0.25) is 0 Å². The van der Waals surface area contributed by atoms with Gasteiger partial charge in [-0.3, -0.25) is 4.90 Å². The summed E-state index contributed by atoms with van der Waals surface area (Å²) in [4.78, 5) is 2.48. The molecule has 0 aromatic carbocycles. The van der Waals surface area contributed by atoms with Crippen molar-refractivity contribution in [1.29, 1.82) is 0 Å². The molecular formula is C11H19NO. The lowest BCUT2D eigenvalue weighted by Gasteiger charge is -2.27. The van der Waals surface area contributed by atoms with Crippen molar-refractivity contribution in [3.63, 3.8) is 0 Å². The summed E-state index contributed by atoms with van der Waals surface area (Å²) in [5, 5.41) is 0. The number of allylic oxidation sites excluding steroid dienone is 1. The summed E-state index contributed by atoms with van der Waals surface area (Å²) in [6, 6.07) is 0. The molecule has 2 atom stereocenters. The van der Waals surface area contributed by atoms with Gasteiger partial charge in [0.25, 0.3) is 0 Å². The minimum atomic E-state index is 0.243. The first-order valence-corrected chi connectivity index (χ1v) is 5.14. The van der Waals surface area contributed by atoms with Gasteiger partial charge in [-0.2, -0.15) is 0 Å². The molecule has 2 fully saturated rings. The Kier molecular flexibility index (Phi) is 2.11. The number of morpholine rings is 1. The first kappa shape index (κ1) is 9.07. The van der Waals surface area contributed by atoms with Crippen molar-refractivity contribution in [2.75, 3.05) is 19.6 Å². The van der Waals surface area contributed by atoms with Crippen LogP contribution in [0.4, 0.5) is 0 Å². The summed E-state index contributed by atoms with van der Waals surface area (Å²) >= 11 is 0. The quantitative estimate of drug-likeness (QED) is 0.567. The van der Waals surface area contributed by atoms with Crippen LogP contribution in [-0.4, -0.2) is 30.6 Å². The normalized spacial score (nSPS) is 36.4. The van der Waals surface area contributed by atoms with Crippen molar-refractivity contribution in [3.05, 3.63) is 11.8 Å². The second-order valence-corrected chi connectivity index (χ2v) is 5.24. The Balaban J connectivity index is 2.06. The van der Waals surface area contributed by atoms with Crippen molar-refractivity contribution in [3.8, 4) is 0 Å². The molecule has 2 nitrogen and oxygen atoms in total. The minimum Gasteiger partial charge on any atom is -0.492 e. The monoisotopic (exact) mass is 181 g/mol. The van der Waals surface area contributed by atoms with Gasteiger partial charge in [0.1, 0.15) is 11.9 Å². The van der Waals surface area contributed by atoms with Crippen LogP contribution in [0.15, 0.2) is 11.8 Å². The average Bonchev–Trinajstić information content (AvgIpc) is 2.27. The Morgan fingerprint density at radius 2 is 2.23 bits per heavy atom. The van der Waals surface area contributed by atoms with E-state index in [2.05, 4.69) is 31.7 Å². The van der Waals surface area contributed by atoms with Crippen LogP contribution in [0, 0.1) is 5.41 Å². The molecule has 0 saturated carbocycles. The van der Waals surface area contributed by atoms with E-state index >= 15 is 0 Å². The molecule has 0 aromatic rings. The van der Waals surface area contributed by atoms with Crippen molar-refractivity contribution in [1.82, 2.24) is 4.90 Å². The van der Waals surface area contributed by atoms with Gasteiger partial charge in [0.2, 0.25) is 0 Å². The topological polar surface area (TPSA) is 12.5 Å². The summed E-state index contributed by atoms with van der Waals surface area (Å²) in [6.45, 7) is 10.0. The maximum Gasteiger partial charge on any atom is 0.112 e. The van der Waals surface area contributed by atoms with Gasteiger partial charge < -0.3 is 4.74 Å². The number of ether oxygens (including phenoxy) is 1. The maximum atomic E-state index is 5.87. The molecule has 0 aromatic heterocycles. The highest BCUT2D eigenvalue weighted by Gasteiger charge is 2.30. The van der Waals surface area contributed by atoms with Crippen LogP contribution in [0.25, 0.3) is 0 Å². The van der Waals surface area contributed by atoms with E-state index in [0.29, 0.717) is 6.10 Å². The third-order valence-electron chi connectivity index (χ3n) is 2.52. The molecule has 2 rings (SSSR count).